The number of nitriles is 2. The molecule has 1 heterocycles. The molecule has 6 nitrogen and oxygen atoms in total. The highest BCUT2D eigenvalue weighted by Crippen LogP contribution is 2.32. The minimum Gasteiger partial charge on any atom is -0.465 e. The van der Waals surface area contributed by atoms with Gasteiger partial charge in [-0.25, -0.2) is 14.8 Å². The average Bonchev–Trinajstić information content (AvgIpc) is 2.50. The van der Waals surface area contributed by atoms with Gasteiger partial charge in [0, 0.05) is 25.2 Å². The normalized spacial score (nSPS) is 11.4. The fourth-order valence-electron chi connectivity index (χ4n) is 1.60. The second-order valence-corrected chi connectivity index (χ2v) is 4.48. The first-order valence-electron chi connectivity index (χ1n) is 6.04. The second-order valence-electron chi connectivity index (χ2n) is 4.48. The highest BCUT2D eigenvalue weighted by Gasteiger charge is 2.37. The smallest absolute Gasteiger partial charge is 0.389 e. The molecule has 0 saturated heterocycles. The number of carbonyl (C=O) groups is 1. The van der Waals surface area contributed by atoms with E-state index in [1.807, 2.05) is 0 Å². The number of rotatable bonds is 5. The Bertz CT molecular complexity index is 600. The summed E-state index contributed by atoms with van der Waals surface area (Å²) in [6.45, 7) is 0. The van der Waals surface area contributed by atoms with E-state index in [-0.39, 0.29) is 17.8 Å². The molecule has 0 amide bonds. The van der Waals surface area contributed by atoms with E-state index < -0.39 is 30.4 Å². The topological polar surface area (TPSA) is 99.7 Å². The van der Waals surface area contributed by atoms with Gasteiger partial charge in [-0.3, -0.25) is 0 Å². The molecule has 0 aliphatic carbocycles. The Morgan fingerprint density at radius 3 is 2.18 bits per heavy atom. The Labute approximate surface area is 124 Å². The number of halogens is 3. The molecule has 0 N–H and O–H groups in total. The molecule has 0 fully saturated rings. The molecule has 0 radical (unpaired) electrons. The van der Waals surface area contributed by atoms with Gasteiger partial charge < -0.3 is 4.74 Å². The number of esters is 1. The van der Waals surface area contributed by atoms with Crippen molar-refractivity contribution in [1.82, 2.24) is 9.97 Å². The quantitative estimate of drug-likeness (QED) is 0.773. The first kappa shape index (κ1) is 17.4. The Kier molecular flexibility index (Phi) is 5.41. The molecule has 1 aromatic rings. The van der Waals surface area contributed by atoms with Crippen LogP contribution in [0.2, 0.25) is 0 Å². The standard InChI is InChI=1S/C13H11F3N4O2/c1-22-11(21)9-5-19-10(20-6-9)4-12(7-17,8-18)2-3-13(14,15)16/h5-6H,2-4H2,1H3. The molecule has 0 unspecified atom stereocenters. The van der Waals surface area contributed by atoms with Crippen LogP contribution in [0, 0.1) is 28.1 Å². The molecule has 0 aromatic carbocycles. The summed E-state index contributed by atoms with van der Waals surface area (Å²) in [5.41, 5.74) is -1.82. The minimum atomic E-state index is -4.46. The highest BCUT2D eigenvalue weighted by atomic mass is 19.4. The summed E-state index contributed by atoms with van der Waals surface area (Å²) in [5.74, 6) is -0.673. The summed E-state index contributed by atoms with van der Waals surface area (Å²) in [6, 6.07) is 3.20. The predicted molar refractivity (Wildman–Crippen MR) is 66.0 cm³/mol. The molecule has 1 aromatic heterocycles. The van der Waals surface area contributed by atoms with Crippen LogP contribution in [-0.2, 0) is 11.2 Å². The van der Waals surface area contributed by atoms with Crippen LogP contribution in [0.25, 0.3) is 0 Å². The zero-order valence-electron chi connectivity index (χ0n) is 11.5. The summed E-state index contributed by atoms with van der Waals surface area (Å²) in [4.78, 5) is 18.8. The molecule has 116 valence electrons. The van der Waals surface area contributed by atoms with Crippen molar-refractivity contribution in [1.29, 1.82) is 10.5 Å². The van der Waals surface area contributed by atoms with Crippen LogP contribution in [0.4, 0.5) is 13.2 Å². The number of ether oxygens (including phenoxy) is 1. The molecule has 0 aliphatic rings. The lowest BCUT2D eigenvalue weighted by atomic mass is 9.82. The van der Waals surface area contributed by atoms with E-state index in [4.69, 9.17) is 10.5 Å². The summed E-state index contributed by atoms with van der Waals surface area (Å²) < 4.78 is 41.3. The van der Waals surface area contributed by atoms with E-state index >= 15 is 0 Å². The van der Waals surface area contributed by atoms with E-state index in [2.05, 4.69) is 14.7 Å². The van der Waals surface area contributed by atoms with E-state index in [0.717, 1.165) is 12.4 Å². The third-order valence-electron chi connectivity index (χ3n) is 2.85. The van der Waals surface area contributed by atoms with E-state index in [9.17, 15) is 18.0 Å². The number of hydrogen-bond donors (Lipinski definition) is 0. The van der Waals surface area contributed by atoms with Gasteiger partial charge in [0.05, 0.1) is 24.8 Å². The lowest BCUT2D eigenvalue weighted by molar-refractivity contribution is -0.138. The summed E-state index contributed by atoms with van der Waals surface area (Å²) in [6.07, 6.45) is -4.51. The first-order chi connectivity index (χ1) is 10.2. The Hall–Kier alpha value is -2.68. The molecule has 1 rings (SSSR count). The van der Waals surface area contributed by atoms with Crippen molar-refractivity contribution in [3.63, 3.8) is 0 Å². The van der Waals surface area contributed by atoms with Gasteiger partial charge in [-0.05, 0) is 6.42 Å². The predicted octanol–water partition coefficient (Wildman–Crippen LogP) is 2.18. The Morgan fingerprint density at radius 1 is 1.23 bits per heavy atom. The summed E-state index contributed by atoms with van der Waals surface area (Å²) in [7, 11) is 1.17. The SMILES string of the molecule is COC(=O)c1cnc(CC(C#N)(C#N)CCC(F)(F)F)nc1. The monoisotopic (exact) mass is 312 g/mol. The van der Waals surface area contributed by atoms with Crippen molar-refractivity contribution < 1.29 is 22.7 Å². The molecule has 0 saturated carbocycles. The zero-order chi connectivity index (χ0) is 16.8. The van der Waals surface area contributed by atoms with Crippen LogP contribution in [0.15, 0.2) is 12.4 Å². The molecular formula is C13H11F3N4O2. The lowest BCUT2D eigenvalue weighted by Crippen LogP contribution is -2.24. The molecule has 9 heteroatoms. The van der Waals surface area contributed by atoms with E-state index in [1.54, 1.807) is 12.1 Å². The number of carbonyl (C=O) groups excluding carboxylic acids is 1. The zero-order valence-corrected chi connectivity index (χ0v) is 11.5. The van der Waals surface area contributed by atoms with Crippen molar-refractivity contribution in [2.24, 2.45) is 5.41 Å². The van der Waals surface area contributed by atoms with Gasteiger partial charge >= 0.3 is 12.1 Å². The number of alkyl halides is 3. The largest absolute Gasteiger partial charge is 0.465 e. The van der Waals surface area contributed by atoms with Crippen LogP contribution in [0.5, 0.6) is 0 Å². The Balaban J connectivity index is 2.90. The maximum absolute atomic E-state index is 12.3. The van der Waals surface area contributed by atoms with Crippen LogP contribution < -0.4 is 0 Å². The van der Waals surface area contributed by atoms with Crippen molar-refractivity contribution in [2.75, 3.05) is 7.11 Å². The molecular weight excluding hydrogens is 301 g/mol. The maximum Gasteiger partial charge on any atom is 0.389 e. The van der Waals surface area contributed by atoms with Gasteiger partial charge in [-0.2, -0.15) is 23.7 Å². The van der Waals surface area contributed by atoms with Gasteiger partial charge in [0.1, 0.15) is 5.82 Å². The number of methoxy groups -OCH3 is 1. The van der Waals surface area contributed by atoms with Gasteiger partial charge in [-0.1, -0.05) is 0 Å². The lowest BCUT2D eigenvalue weighted by Gasteiger charge is -2.18. The number of hydrogen-bond acceptors (Lipinski definition) is 6. The van der Waals surface area contributed by atoms with Crippen LogP contribution in [0.3, 0.4) is 0 Å². The summed E-state index contributed by atoms with van der Waals surface area (Å²) in [5, 5.41) is 18.1. The highest BCUT2D eigenvalue weighted by molar-refractivity contribution is 5.88. The molecule has 0 atom stereocenters. The van der Waals surface area contributed by atoms with Gasteiger partial charge in [0.15, 0.2) is 5.41 Å². The van der Waals surface area contributed by atoms with Gasteiger partial charge in [0.2, 0.25) is 0 Å². The van der Waals surface area contributed by atoms with E-state index in [1.165, 1.54) is 7.11 Å². The van der Waals surface area contributed by atoms with Crippen molar-refractivity contribution >= 4 is 5.97 Å². The van der Waals surface area contributed by atoms with Crippen molar-refractivity contribution in [3.8, 4) is 12.1 Å². The third kappa shape index (κ3) is 4.70. The summed E-state index contributed by atoms with van der Waals surface area (Å²) >= 11 is 0. The van der Waals surface area contributed by atoms with Gasteiger partial charge in [-0.15, -0.1) is 0 Å². The van der Waals surface area contributed by atoms with Crippen molar-refractivity contribution in [2.45, 2.75) is 25.4 Å². The van der Waals surface area contributed by atoms with E-state index in [0.29, 0.717) is 0 Å². The molecule has 0 aliphatic heterocycles. The second kappa shape index (κ2) is 6.85. The van der Waals surface area contributed by atoms with Crippen LogP contribution in [0.1, 0.15) is 29.0 Å². The first-order valence-corrected chi connectivity index (χ1v) is 6.04. The minimum absolute atomic E-state index is 0.00192. The fourth-order valence-corrected chi connectivity index (χ4v) is 1.60. The van der Waals surface area contributed by atoms with Crippen LogP contribution in [-0.4, -0.2) is 29.2 Å². The molecule has 0 bridgehead atoms. The fraction of sp³-hybridized carbons (Fsp3) is 0.462. The average molecular weight is 312 g/mol. The van der Waals surface area contributed by atoms with Gasteiger partial charge in [0.25, 0.3) is 0 Å². The molecule has 22 heavy (non-hydrogen) atoms. The van der Waals surface area contributed by atoms with Crippen molar-refractivity contribution in [3.05, 3.63) is 23.8 Å². The number of aromatic nitrogens is 2. The number of nitrogens with zero attached hydrogens (tertiary/aromatic N) is 4. The van der Waals surface area contributed by atoms with Crippen LogP contribution >= 0.6 is 0 Å². The Morgan fingerprint density at radius 2 is 1.77 bits per heavy atom. The third-order valence-corrected chi connectivity index (χ3v) is 2.85. The maximum atomic E-state index is 12.3. The molecule has 0 spiro atoms.